The summed E-state index contributed by atoms with van der Waals surface area (Å²) in [6, 6.07) is 12.5. The first-order valence-electron chi connectivity index (χ1n) is 8.12. The average molecular weight is 344 g/mol. The van der Waals surface area contributed by atoms with Gasteiger partial charge in [-0.2, -0.15) is 0 Å². The first-order chi connectivity index (χ1) is 11.4. The summed E-state index contributed by atoms with van der Waals surface area (Å²) in [6.45, 7) is 7.93. The number of nitrogens with zero attached hydrogens (tertiary/aromatic N) is 1. The molecule has 0 radical (unpaired) electrons. The maximum Gasteiger partial charge on any atom is 0.251 e. The summed E-state index contributed by atoms with van der Waals surface area (Å²) in [7, 11) is -1.05. The Balaban J connectivity index is 2.14. The highest BCUT2D eigenvalue weighted by molar-refractivity contribution is 7.85. The molecule has 2 rings (SSSR count). The van der Waals surface area contributed by atoms with Crippen molar-refractivity contribution in [2.45, 2.75) is 43.9 Å². The largest absolute Gasteiger partial charge is 0.343 e. The van der Waals surface area contributed by atoms with Crippen LogP contribution in [-0.4, -0.2) is 20.3 Å². The summed E-state index contributed by atoms with van der Waals surface area (Å²) in [4.78, 5) is 17.6. The minimum absolute atomic E-state index is 0.0548. The van der Waals surface area contributed by atoms with E-state index in [1.165, 1.54) is 0 Å². The van der Waals surface area contributed by atoms with Gasteiger partial charge in [-0.25, -0.2) is 0 Å². The number of hydrogen-bond donors (Lipinski definition) is 1. The van der Waals surface area contributed by atoms with Crippen molar-refractivity contribution >= 4 is 16.7 Å². The summed E-state index contributed by atoms with van der Waals surface area (Å²) in [6.07, 6.45) is 1.73. The molecule has 2 aromatic rings. The van der Waals surface area contributed by atoms with Crippen LogP contribution in [0.3, 0.4) is 0 Å². The number of rotatable bonds is 6. The van der Waals surface area contributed by atoms with Crippen molar-refractivity contribution in [3.05, 3.63) is 59.9 Å². The molecular formula is C19H24N2O2S. The van der Waals surface area contributed by atoms with E-state index in [0.717, 1.165) is 10.6 Å². The monoisotopic (exact) mass is 344 g/mol. The second-order valence-corrected chi connectivity index (χ2v) is 8.33. The van der Waals surface area contributed by atoms with Crippen molar-refractivity contribution in [3.63, 3.8) is 0 Å². The van der Waals surface area contributed by atoms with Gasteiger partial charge in [0.2, 0.25) is 0 Å². The lowest BCUT2D eigenvalue weighted by Crippen LogP contribution is -2.32. The molecule has 2 atom stereocenters. The van der Waals surface area contributed by atoms with Gasteiger partial charge in [-0.1, -0.05) is 33.8 Å². The van der Waals surface area contributed by atoms with Gasteiger partial charge in [0.15, 0.2) is 0 Å². The fourth-order valence-electron chi connectivity index (χ4n) is 2.38. The van der Waals surface area contributed by atoms with Crippen molar-refractivity contribution in [2.75, 3.05) is 0 Å². The number of carbonyl (C=O) groups excluding carboxylic acids is 1. The molecule has 0 bridgehead atoms. The summed E-state index contributed by atoms with van der Waals surface area (Å²) in [5.74, 6) is 0.0674. The second-order valence-electron chi connectivity index (χ2n) is 6.32. The molecule has 0 aliphatic carbocycles. The lowest BCUT2D eigenvalue weighted by atomic mass is 10.00. The Morgan fingerprint density at radius 2 is 1.71 bits per heavy atom. The number of pyridine rings is 1. The number of nitrogens with one attached hydrogen (secondary N) is 1. The van der Waals surface area contributed by atoms with Crippen LogP contribution < -0.4 is 5.32 Å². The van der Waals surface area contributed by atoms with Crippen LogP contribution in [0.5, 0.6) is 0 Å². The van der Waals surface area contributed by atoms with Crippen LogP contribution in [0, 0.1) is 5.92 Å². The molecule has 1 N–H and O–H groups in total. The van der Waals surface area contributed by atoms with Crippen molar-refractivity contribution in [3.8, 4) is 0 Å². The molecule has 0 aliphatic rings. The zero-order chi connectivity index (χ0) is 17.7. The molecule has 4 nitrogen and oxygen atoms in total. The van der Waals surface area contributed by atoms with E-state index in [4.69, 9.17) is 0 Å². The van der Waals surface area contributed by atoms with E-state index in [0.29, 0.717) is 5.56 Å². The molecule has 0 saturated carbocycles. The van der Waals surface area contributed by atoms with Gasteiger partial charge in [-0.05, 0) is 42.3 Å². The molecule has 128 valence electrons. The number of aromatic nitrogens is 1. The van der Waals surface area contributed by atoms with Crippen LogP contribution in [0.15, 0.2) is 53.6 Å². The van der Waals surface area contributed by atoms with E-state index < -0.39 is 10.8 Å². The standard InChI is InChI=1S/C19H24N2O2S/c1-13(2)18(17-7-5-6-12-20-17)21-19(22)15-8-10-16(11-9-15)24(23)14(3)4/h5-14,18H,1-4H3,(H,21,22)/t18-,24-/m1/s1. The first kappa shape index (κ1) is 18.3. The van der Waals surface area contributed by atoms with E-state index >= 15 is 0 Å². The van der Waals surface area contributed by atoms with E-state index in [1.54, 1.807) is 30.5 Å². The number of hydrogen-bond acceptors (Lipinski definition) is 3. The molecule has 0 saturated heterocycles. The minimum atomic E-state index is -1.05. The summed E-state index contributed by atoms with van der Waals surface area (Å²) < 4.78 is 12.1. The topological polar surface area (TPSA) is 59.1 Å². The zero-order valence-corrected chi connectivity index (χ0v) is 15.3. The molecular weight excluding hydrogens is 320 g/mol. The van der Waals surface area contributed by atoms with Gasteiger partial charge in [0.25, 0.3) is 5.91 Å². The van der Waals surface area contributed by atoms with Gasteiger partial charge in [-0.3, -0.25) is 14.0 Å². The zero-order valence-electron chi connectivity index (χ0n) is 14.5. The Kier molecular flexibility index (Phi) is 6.26. The van der Waals surface area contributed by atoms with Gasteiger partial charge >= 0.3 is 0 Å². The highest BCUT2D eigenvalue weighted by Crippen LogP contribution is 2.20. The van der Waals surface area contributed by atoms with Crippen molar-refractivity contribution in [1.29, 1.82) is 0 Å². The Hall–Kier alpha value is -2.01. The van der Waals surface area contributed by atoms with Gasteiger partial charge in [0.05, 0.1) is 22.5 Å². The van der Waals surface area contributed by atoms with E-state index in [9.17, 15) is 9.00 Å². The minimum Gasteiger partial charge on any atom is -0.343 e. The highest BCUT2D eigenvalue weighted by Gasteiger charge is 2.20. The lowest BCUT2D eigenvalue weighted by molar-refractivity contribution is 0.0924. The van der Waals surface area contributed by atoms with Crippen molar-refractivity contribution in [2.24, 2.45) is 5.92 Å². The highest BCUT2D eigenvalue weighted by atomic mass is 32.2. The van der Waals surface area contributed by atoms with Crippen LogP contribution in [0.4, 0.5) is 0 Å². The molecule has 5 heteroatoms. The normalized spacial score (nSPS) is 13.8. The predicted octanol–water partition coefficient (Wildman–Crippen LogP) is 3.72. The van der Waals surface area contributed by atoms with Crippen LogP contribution >= 0.6 is 0 Å². The second kappa shape index (κ2) is 8.20. The van der Waals surface area contributed by atoms with Crippen LogP contribution in [0.2, 0.25) is 0 Å². The lowest BCUT2D eigenvalue weighted by Gasteiger charge is -2.22. The molecule has 1 heterocycles. The number of amides is 1. The van der Waals surface area contributed by atoms with E-state index in [1.807, 2.05) is 32.0 Å². The van der Waals surface area contributed by atoms with Crippen molar-refractivity contribution in [1.82, 2.24) is 10.3 Å². The molecule has 0 unspecified atom stereocenters. The maximum absolute atomic E-state index is 12.5. The molecule has 1 aromatic carbocycles. The van der Waals surface area contributed by atoms with E-state index in [2.05, 4.69) is 24.1 Å². The van der Waals surface area contributed by atoms with Gasteiger partial charge in [-0.15, -0.1) is 0 Å². The number of benzene rings is 1. The molecule has 0 fully saturated rings. The van der Waals surface area contributed by atoms with Gasteiger partial charge in [0, 0.05) is 21.9 Å². The number of carbonyl (C=O) groups is 1. The van der Waals surface area contributed by atoms with Crippen LogP contribution in [0.25, 0.3) is 0 Å². The first-order valence-corrected chi connectivity index (χ1v) is 9.34. The Bertz CT molecular complexity index is 697. The fourth-order valence-corrected chi connectivity index (χ4v) is 3.33. The molecule has 1 amide bonds. The fraction of sp³-hybridized carbons (Fsp3) is 0.368. The maximum atomic E-state index is 12.5. The summed E-state index contributed by atoms with van der Waals surface area (Å²) in [5.41, 5.74) is 1.40. The Morgan fingerprint density at radius 3 is 2.21 bits per heavy atom. The van der Waals surface area contributed by atoms with Crippen molar-refractivity contribution < 1.29 is 9.00 Å². The van der Waals surface area contributed by atoms with Crippen LogP contribution in [0.1, 0.15) is 49.8 Å². The third-order valence-electron chi connectivity index (χ3n) is 3.74. The molecule has 0 spiro atoms. The quantitative estimate of drug-likeness (QED) is 0.869. The van der Waals surface area contributed by atoms with Gasteiger partial charge in [0.1, 0.15) is 0 Å². The molecule has 1 aromatic heterocycles. The summed E-state index contributed by atoms with van der Waals surface area (Å²) in [5, 5.41) is 3.10. The Labute approximate surface area is 146 Å². The molecule has 24 heavy (non-hydrogen) atoms. The summed E-state index contributed by atoms with van der Waals surface area (Å²) >= 11 is 0. The van der Waals surface area contributed by atoms with Gasteiger partial charge < -0.3 is 5.32 Å². The Morgan fingerprint density at radius 1 is 1.04 bits per heavy atom. The molecule has 0 aliphatic heterocycles. The third kappa shape index (κ3) is 4.51. The SMILES string of the molecule is CC(C)[C@@H](NC(=O)c1ccc([S@](=O)C(C)C)cc1)c1ccccn1. The average Bonchev–Trinajstić information content (AvgIpc) is 2.59. The smallest absolute Gasteiger partial charge is 0.251 e. The third-order valence-corrected chi connectivity index (χ3v) is 5.33. The van der Waals surface area contributed by atoms with Crippen LogP contribution in [-0.2, 0) is 10.8 Å². The predicted molar refractivity (Wildman–Crippen MR) is 97.3 cm³/mol. The van der Waals surface area contributed by atoms with E-state index in [-0.39, 0.29) is 23.1 Å².